The Morgan fingerprint density at radius 1 is 1.47 bits per heavy atom. The lowest BCUT2D eigenvalue weighted by molar-refractivity contribution is 0.100. The van der Waals surface area contributed by atoms with Crippen molar-refractivity contribution >= 4 is 23.1 Å². The smallest absolute Gasteiger partial charge is 0.252 e. The number of hydrogen-bond acceptors (Lipinski definition) is 3. The van der Waals surface area contributed by atoms with Crippen molar-refractivity contribution in [1.29, 1.82) is 0 Å². The molecule has 0 fully saturated rings. The molecule has 5 heteroatoms. The lowest BCUT2D eigenvalue weighted by Gasteiger charge is -1.89. The molecule has 0 unspecified atom stereocenters. The summed E-state index contributed by atoms with van der Waals surface area (Å²) in [5, 5.41) is 0. The van der Waals surface area contributed by atoms with Gasteiger partial charge in [-0.25, -0.2) is 0 Å². The average molecular weight is 221 g/mol. The molecule has 0 aliphatic carbocycles. The number of H-pyrrole nitrogens is 1. The Morgan fingerprint density at radius 2 is 2.20 bits per heavy atom. The van der Waals surface area contributed by atoms with E-state index >= 15 is 0 Å². The number of carbonyl (C=O) groups is 1. The summed E-state index contributed by atoms with van der Waals surface area (Å²) in [4.78, 5) is 16.2. The average Bonchev–Trinajstić information content (AvgIpc) is 2.71. The Kier molecular flexibility index (Phi) is 2.24. The number of thiophene rings is 1. The van der Waals surface area contributed by atoms with Gasteiger partial charge in [-0.1, -0.05) is 0 Å². The molecule has 1 amide bonds. The maximum absolute atomic E-state index is 11.0. The van der Waals surface area contributed by atoms with E-state index < -0.39 is 5.91 Å². The van der Waals surface area contributed by atoms with Gasteiger partial charge in [0.05, 0.1) is 16.1 Å². The maximum Gasteiger partial charge on any atom is 0.252 e. The van der Waals surface area contributed by atoms with Gasteiger partial charge < -0.3 is 16.5 Å². The number of nitrogens with two attached hydrogens (primary N) is 2. The number of carbonyl (C=O) groups excluding carboxylic acids is 1. The molecular weight excluding hydrogens is 210 g/mol. The first-order chi connectivity index (χ1) is 7.08. The third kappa shape index (κ3) is 1.73. The van der Waals surface area contributed by atoms with Crippen LogP contribution in [0.15, 0.2) is 18.2 Å². The first-order valence-electron chi connectivity index (χ1n) is 4.43. The van der Waals surface area contributed by atoms with Gasteiger partial charge in [0.1, 0.15) is 5.82 Å². The summed E-state index contributed by atoms with van der Waals surface area (Å²) in [6, 6.07) is 5.68. The van der Waals surface area contributed by atoms with Crippen LogP contribution in [-0.2, 0) is 0 Å². The van der Waals surface area contributed by atoms with E-state index in [0.717, 1.165) is 10.6 Å². The second-order valence-corrected chi connectivity index (χ2v) is 4.57. The first-order valence-corrected chi connectivity index (χ1v) is 5.24. The summed E-state index contributed by atoms with van der Waals surface area (Å²) in [5.41, 5.74) is 12.0. The summed E-state index contributed by atoms with van der Waals surface area (Å²) in [6.45, 7) is 2.02. The minimum absolute atomic E-state index is 0.323. The molecule has 5 N–H and O–H groups in total. The summed E-state index contributed by atoms with van der Waals surface area (Å²) < 4.78 is 0. The van der Waals surface area contributed by atoms with Gasteiger partial charge in [-0.05, 0) is 25.1 Å². The number of anilines is 1. The van der Waals surface area contributed by atoms with Gasteiger partial charge >= 0.3 is 0 Å². The summed E-state index contributed by atoms with van der Waals surface area (Å²) in [6.07, 6.45) is 0. The fraction of sp³-hybridized carbons (Fsp3) is 0.100. The highest BCUT2D eigenvalue weighted by molar-refractivity contribution is 7.15. The predicted molar refractivity (Wildman–Crippen MR) is 61.8 cm³/mol. The quantitative estimate of drug-likeness (QED) is 0.721. The SMILES string of the molecule is Cc1ccc(-c2cc(C(N)=O)c(N)[nH]2)s1. The standard InChI is InChI=1S/C10H11N3OS/c1-5-2-3-8(15-5)7-4-6(10(12)14)9(11)13-7/h2-4,13H,11H2,1H3,(H2,12,14). The number of aryl methyl sites for hydroxylation is 1. The zero-order valence-corrected chi connectivity index (χ0v) is 9.02. The number of aromatic nitrogens is 1. The molecule has 15 heavy (non-hydrogen) atoms. The highest BCUT2D eigenvalue weighted by atomic mass is 32.1. The number of aromatic amines is 1. The van der Waals surface area contributed by atoms with E-state index in [-0.39, 0.29) is 0 Å². The van der Waals surface area contributed by atoms with Crippen LogP contribution in [0, 0.1) is 6.92 Å². The number of primary amides is 1. The van der Waals surface area contributed by atoms with Crippen molar-refractivity contribution < 1.29 is 4.79 Å². The molecule has 78 valence electrons. The van der Waals surface area contributed by atoms with Crippen LogP contribution in [0.4, 0.5) is 5.82 Å². The summed E-state index contributed by atoms with van der Waals surface area (Å²) in [7, 11) is 0. The Labute approximate surface area is 90.9 Å². The van der Waals surface area contributed by atoms with Crippen LogP contribution in [-0.4, -0.2) is 10.9 Å². The van der Waals surface area contributed by atoms with Gasteiger partial charge in [-0.15, -0.1) is 11.3 Å². The molecule has 0 bridgehead atoms. The molecular formula is C10H11N3OS. The zero-order valence-electron chi connectivity index (χ0n) is 8.20. The number of nitrogen functional groups attached to an aromatic ring is 1. The summed E-state index contributed by atoms with van der Waals surface area (Å²) >= 11 is 1.64. The molecule has 0 aromatic carbocycles. The molecule has 2 heterocycles. The van der Waals surface area contributed by atoms with Gasteiger partial charge in [-0.2, -0.15) is 0 Å². The van der Waals surface area contributed by atoms with E-state index in [2.05, 4.69) is 4.98 Å². The van der Waals surface area contributed by atoms with Crippen molar-refractivity contribution in [3.05, 3.63) is 28.6 Å². The van der Waals surface area contributed by atoms with Crippen LogP contribution in [0.2, 0.25) is 0 Å². The Balaban J connectivity index is 2.46. The third-order valence-corrected chi connectivity index (χ3v) is 3.15. The van der Waals surface area contributed by atoms with Crippen molar-refractivity contribution in [3.8, 4) is 10.6 Å². The van der Waals surface area contributed by atoms with Gasteiger partial charge in [0, 0.05) is 4.88 Å². The van der Waals surface area contributed by atoms with E-state index in [1.807, 2.05) is 19.1 Å². The van der Waals surface area contributed by atoms with Crippen LogP contribution in [0.1, 0.15) is 15.2 Å². The van der Waals surface area contributed by atoms with Gasteiger partial charge in [-0.3, -0.25) is 4.79 Å². The van der Waals surface area contributed by atoms with E-state index in [1.54, 1.807) is 17.4 Å². The first kappa shape index (κ1) is 9.79. The largest absolute Gasteiger partial charge is 0.385 e. The van der Waals surface area contributed by atoms with Crippen molar-refractivity contribution in [2.45, 2.75) is 6.92 Å². The lowest BCUT2D eigenvalue weighted by Crippen LogP contribution is -2.11. The number of rotatable bonds is 2. The molecule has 0 spiro atoms. The van der Waals surface area contributed by atoms with E-state index in [1.165, 1.54) is 4.88 Å². The molecule has 4 nitrogen and oxygen atoms in total. The van der Waals surface area contributed by atoms with Gasteiger partial charge in [0.15, 0.2) is 0 Å². The van der Waals surface area contributed by atoms with Crippen molar-refractivity contribution in [3.63, 3.8) is 0 Å². The predicted octanol–water partition coefficient (Wildman–Crippen LogP) is 1.73. The normalized spacial score (nSPS) is 10.5. The topological polar surface area (TPSA) is 84.9 Å². The Morgan fingerprint density at radius 3 is 2.67 bits per heavy atom. The minimum Gasteiger partial charge on any atom is -0.385 e. The van der Waals surface area contributed by atoms with Crippen molar-refractivity contribution in [2.75, 3.05) is 5.73 Å². The highest BCUT2D eigenvalue weighted by Gasteiger charge is 2.12. The minimum atomic E-state index is -0.511. The van der Waals surface area contributed by atoms with E-state index in [9.17, 15) is 4.79 Å². The molecule has 0 radical (unpaired) electrons. The molecule has 2 aromatic heterocycles. The number of hydrogen-bond donors (Lipinski definition) is 3. The second kappa shape index (κ2) is 3.43. The summed E-state index contributed by atoms with van der Waals surface area (Å²) in [5.74, 6) is -0.188. The number of nitrogens with one attached hydrogen (secondary N) is 1. The lowest BCUT2D eigenvalue weighted by atomic mass is 10.2. The second-order valence-electron chi connectivity index (χ2n) is 3.28. The molecule has 0 saturated carbocycles. The van der Waals surface area contributed by atoms with Crippen molar-refractivity contribution in [2.24, 2.45) is 5.73 Å². The fourth-order valence-electron chi connectivity index (χ4n) is 1.39. The fourth-order valence-corrected chi connectivity index (χ4v) is 2.23. The van der Waals surface area contributed by atoms with Crippen molar-refractivity contribution in [1.82, 2.24) is 4.98 Å². The van der Waals surface area contributed by atoms with Gasteiger partial charge in [0.25, 0.3) is 5.91 Å². The van der Waals surface area contributed by atoms with Gasteiger partial charge in [0.2, 0.25) is 0 Å². The zero-order chi connectivity index (χ0) is 11.0. The molecule has 0 aliphatic rings. The molecule has 0 saturated heterocycles. The Hall–Kier alpha value is -1.75. The van der Waals surface area contributed by atoms with Crippen LogP contribution in [0.3, 0.4) is 0 Å². The van der Waals surface area contributed by atoms with E-state index in [0.29, 0.717) is 11.4 Å². The van der Waals surface area contributed by atoms with E-state index in [4.69, 9.17) is 11.5 Å². The monoisotopic (exact) mass is 221 g/mol. The third-order valence-electron chi connectivity index (χ3n) is 2.12. The molecule has 2 aromatic rings. The van der Waals surface area contributed by atoms with Crippen LogP contribution < -0.4 is 11.5 Å². The molecule has 0 aliphatic heterocycles. The van der Waals surface area contributed by atoms with Crippen LogP contribution in [0.5, 0.6) is 0 Å². The highest BCUT2D eigenvalue weighted by Crippen LogP contribution is 2.29. The molecule has 2 rings (SSSR count). The maximum atomic E-state index is 11.0. The number of amides is 1. The molecule has 0 atom stereocenters. The van der Waals surface area contributed by atoms with Crippen LogP contribution in [0.25, 0.3) is 10.6 Å². The Bertz CT molecular complexity index is 512. The van der Waals surface area contributed by atoms with Crippen LogP contribution >= 0.6 is 11.3 Å².